The predicted octanol–water partition coefficient (Wildman–Crippen LogP) is 3.23. The first kappa shape index (κ1) is 21.3. The van der Waals surface area contributed by atoms with Gasteiger partial charge in [0.1, 0.15) is 12.2 Å². The molecule has 2 aromatic rings. The molecule has 2 rings (SSSR count). The van der Waals surface area contributed by atoms with Crippen molar-refractivity contribution in [2.45, 2.75) is 26.7 Å². The van der Waals surface area contributed by atoms with Crippen molar-refractivity contribution >= 4 is 23.2 Å². The van der Waals surface area contributed by atoms with E-state index < -0.39 is 0 Å². The number of amides is 2. The highest BCUT2D eigenvalue weighted by atomic mass is 16.5. The zero-order valence-electron chi connectivity index (χ0n) is 16.8. The molecular formula is C22H29N3O3. The lowest BCUT2D eigenvalue weighted by molar-refractivity contribution is -0.126. The zero-order valence-corrected chi connectivity index (χ0v) is 16.8. The third-order valence-corrected chi connectivity index (χ3v) is 4.47. The number of ether oxygens (including phenoxy) is 1. The number of anilines is 2. The minimum Gasteiger partial charge on any atom is -0.497 e. The summed E-state index contributed by atoms with van der Waals surface area (Å²) in [5.41, 5.74) is 2.86. The van der Waals surface area contributed by atoms with E-state index in [-0.39, 0.29) is 18.2 Å². The van der Waals surface area contributed by atoms with Gasteiger partial charge in [-0.25, -0.2) is 0 Å². The maximum Gasteiger partial charge on any atom is 0.233 e. The summed E-state index contributed by atoms with van der Waals surface area (Å²) in [6.45, 7) is 6.53. The molecule has 0 unspecified atom stereocenters. The van der Waals surface area contributed by atoms with Crippen LogP contribution in [-0.4, -0.2) is 38.6 Å². The van der Waals surface area contributed by atoms with Crippen molar-refractivity contribution in [2.75, 3.05) is 37.0 Å². The quantitative estimate of drug-likeness (QED) is 0.618. The first-order chi connectivity index (χ1) is 13.5. The average molecular weight is 383 g/mol. The van der Waals surface area contributed by atoms with Crippen molar-refractivity contribution in [1.82, 2.24) is 5.32 Å². The Morgan fingerprint density at radius 2 is 1.71 bits per heavy atom. The van der Waals surface area contributed by atoms with Gasteiger partial charge in [-0.3, -0.25) is 9.59 Å². The van der Waals surface area contributed by atoms with E-state index in [1.807, 2.05) is 48.5 Å². The molecule has 0 aliphatic carbocycles. The molecular weight excluding hydrogens is 354 g/mol. The summed E-state index contributed by atoms with van der Waals surface area (Å²) in [4.78, 5) is 26.3. The lowest BCUT2D eigenvalue weighted by atomic mass is 10.1. The summed E-state index contributed by atoms with van der Waals surface area (Å²) < 4.78 is 5.18. The van der Waals surface area contributed by atoms with E-state index in [2.05, 4.69) is 29.4 Å². The Labute approximate surface area is 166 Å². The van der Waals surface area contributed by atoms with Crippen LogP contribution in [0.2, 0.25) is 0 Å². The second-order valence-corrected chi connectivity index (χ2v) is 6.40. The normalized spacial score (nSPS) is 10.2. The van der Waals surface area contributed by atoms with Crippen molar-refractivity contribution in [2.24, 2.45) is 0 Å². The average Bonchev–Trinajstić information content (AvgIpc) is 2.70. The lowest BCUT2D eigenvalue weighted by Gasteiger charge is -2.21. The standard InChI is InChI=1S/C22H29N3O3/c1-4-25(5-2)19-11-9-18(10-12-19)24-22(27)16-21(26)23-14-13-17-7-6-8-20(15-17)28-3/h6-12,15H,4-5,13-14,16H2,1-3H3,(H,23,26)(H,24,27). The summed E-state index contributed by atoms with van der Waals surface area (Å²) in [6, 6.07) is 15.3. The van der Waals surface area contributed by atoms with E-state index in [1.165, 1.54) is 0 Å². The summed E-state index contributed by atoms with van der Waals surface area (Å²) in [7, 11) is 1.62. The molecule has 0 aromatic heterocycles. The number of benzene rings is 2. The molecule has 28 heavy (non-hydrogen) atoms. The molecule has 6 nitrogen and oxygen atoms in total. The van der Waals surface area contributed by atoms with E-state index in [1.54, 1.807) is 7.11 Å². The Kier molecular flexibility index (Phi) is 8.34. The maximum absolute atomic E-state index is 12.1. The van der Waals surface area contributed by atoms with Gasteiger partial charge in [0.25, 0.3) is 0 Å². The Morgan fingerprint density at radius 3 is 2.36 bits per heavy atom. The maximum atomic E-state index is 12.1. The SMILES string of the molecule is CCN(CC)c1ccc(NC(=O)CC(=O)NCCc2cccc(OC)c2)cc1. The number of rotatable bonds is 10. The van der Waals surface area contributed by atoms with Gasteiger partial charge in [-0.1, -0.05) is 12.1 Å². The van der Waals surface area contributed by atoms with Gasteiger partial charge in [0.2, 0.25) is 11.8 Å². The van der Waals surface area contributed by atoms with Crippen LogP contribution in [0.15, 0.2) is 48.5 Å². The van der Waals surface area contributed by atoms with Crippen LogP contribution in [0.3, 0.4) is 0 Å². The van der Waals surface area contributed by atoms with Crippen LogP contribution in [-0.2, 0) is 16.0 Å². The monoisotopic (exact) mass is 383 g/mol. The van der Waals surface area contributed by atoms with Crippen LogP contribution in [0.1, 0.15) is 25.8 Å². The van der Waals surface area contributed by atoms with Crippen LogP contribution in [0.4, 0.5) is 11.4 Å². The second kappa shape index (κ2) is 11.0. The van der Waals surface area contributed by atoms with Crippen molar-refractivity contribution in [3.8, 4) is 5.75 Å². The van der Waals surface area contributed by atoms with E-state index in [4.69, 9.17) is 4.74 Å². The summed E-state index contributed by atoms with van der Waals surface area (Å²) >= 11 is 0. The smallest absolute Gasteiger partial charge is 0.233 e. The van der Waals surface area contributed by atoms with E-state index in [0.29, 0.717) is 18.7 Å². The molecule has 0 aliphatic rings. The third-order valence-electron chi connectivity index (χ3n) is 4.47. The Bertz CT molecular complexity index is 771. The molecule has 0 aliphatic heterocycles. The molecule has 0 fully saturated rings. The minimum atomic E-state index is -0.325. The minimum absolute atomic E-state index is 0.199. The molecule has 2 amide bonds. The number of carbonyl (C=O) groups excluding carboxylic acids is 2. The predicted molar refractivity (Wildman–Crippen MR) is 113 cm³/mol. The van der Waals surface area contributed by atoms with Crippen LogP contribution >= 0.6 is 0 Å². The molecule has 0 spiro atoms. The van der Waals surface area contributed by atoms with Crippen molar-refractivity contribution in [1.29, 1.82) is 0 Å². The number of hydrogen-bond acceptors (Lipinski definition) is 4. The van der Waals surface area contributed by atoms with Gasteiger partial charge in [0.15, 0.2) is 0 Å². The molecule has 2 aromatic carbocycles. The number of carbonyl (C=O) groups is 2. The Balaban J connectivity index is 1.75. The highest BCUT2D eigenvalue weighted by Gasteiger charge is 2.10. The molecule has 0 radical (unpaired) electrons. The number of hydrogen-bond donors (Lipinski definition) is 2. The summed E-state index contributed by atoms with van der Waals surface area (Å²) in [5, 5.41) is 5.54. The highest BCUT2D eigenvalue weighted by Crippen LogP contribution is 2.17. The fraction of sp³-hybridized carbons (Fsp3) is 0.364. The van der Waals surface area contributed by atoms with E-state index in [9.17, 15) is 9.59 Å². The molecule has 0 saturated carbocycles. The second-order valence-electron chi connectivity index (χ2n) is 6.40. The van der Waals surface area contributed by atoms with Crippen LogP contribution in [0.5, 0.6) is 5.75 Å². The largest absolute Gasteiger partial charge is 0.497 e. The lowest BCUT2D eigenvalue weighted by Crippen LogP contribution is -2.29. The van der Waals surface area contributed by atoms with Crippen LogP contribution in [0, 0.1) is 0 Å². The van der Waals surface area contributed by atoms with Crippen molar-refractivity contribution in [3.05, 3.63) is 54.1 Å². The number of nitrogens with zero attached hydrogens (tertiary/aromatic N) is 1. The summed E-state index contributed by atoms with van der Waals surface area (Å²) in [5.74, 6) is 0.171. The van der Waals surface area contributed by atoms with Crippen LogP contribution in [0.25, 0.3) is 0 Å². The fourth-order valence-electron chi connectivity index (χ4n) is 2.93. The van der Waals surface area contributed by atoms with Crippen molar-refractivity contribution in [3.63, 3.8) is 0 Å². The van der Waals surface area contributed by atoms with Gasteiger partial charge in [-0.05, 0) is 62.2 Å². The zero-order chi connectivity index (χ0) is 20.4. The molecule has 0 atom stereocenters. The van der Waals surface area contributed by atoms with Crippen molar-refractivity contribution < 1.29 is 14.3 Å². The van der Waals surface area contributed by atoms with Gasteiger partial charge in [0, 0.05) is 31.0 Å². The Morgan fingerprint density at radius 1 is 1.00 bits per heavy atom. The highest BCUT2D eigenvalue weighted by molar-refractivity contribution is 6.03. The topological polar surface area (TPSA) is 70.7 Å². The molecule has 0 bridgehead atoms. The summed E-state index contributed by atoms with van der Waals surface area (Å²) in [6.07, 6.45) is 0.479. The number of nitrogens with one attached hydrogen (secondary N) is 2. The fourth-order valence-corrected chi connectivity index (χ4v) is 2.93. The van der Waals surface area contributed by atoms with Gasteiger partial charge >= 0.3 is 0 Å². The van der Waals surface area contributed by atoms with E-state index in [0.717, 1.165) is 30.1 Å². The third kappa shape index (κ3) is 6.61. The first-order valence-corrected chi connectivity index (χ1v) is 9.60. The van der Waals surface area contributed by atoms with Gasteiger partial charge in [-0.2, -0.15) is 0 Å². The molecule has 0 saturated heterocycles. The molecule has 0 heterocycles. The van der Waals surface area contributed by atoms with Gasteiger partial charge in [-0.15, -0.1) is 0 Å². The number of methoxy groups -OCH3 is 1. The Hall–Kier alpha value is -3.02. The molecule has 150 valence electrons. The first-order valence-electron chi connectivity index (χ1n) is 9.60. The van der Waals surface area contributed by atoms with Crippen LogP contribution < -0.4 is 20.3 Å². The molecule has 2 N–H and O–H groups in total. The van der Waals surface area contributed by atoms with E-state index >= 15 is 0 Å². The van der Waals surface area contributed by atoms with Gasteiger partial charge in [0.05, 0.1) is 7.11 Å². The molecule has 6 heteroatoms. The van der Waals surface area contributed by atoms with Gasteiger partial charge < -0.3 is 20.3 Å².